The number of nitrogens with zero attached hydrogens (tertiary/aromatic N) is 6. The molecular formula is C18H19N7OS. The number of benzene rings is 1. The first-order valence-electron chi connectivity index (χ1n) is 8.84. The second kappa shape index (κ2) is 6.43. The van der Waals surface area contributed by atoms with Gasteiger partial charge in [0.25, 0.3) is 0 Å². The number of rotatable bonds is 4. The van der Waals surface area contributed by atoms with E-state index in [-0.39, 0.29) is 0 Å². The molecule has 0 unspecified atom stereocenters. The second-order valence-corrected chi connectivity index (χ2v) is 7.53. The van der Waals surface area contributed by atoms with Gasteiger partial charge in [-0.15, -0.1) is 16.4 Å². The van der Waals surface area contributed by atoms with Crippen LogP contribution in [-0.4, -0.2) is 49.7 Å². The predicted molar refractivity (Wildman–Crippen MR) is 104 cm³/mol. The Kier molecular flexibility index (Phi) is 3.91. The van der Waals surface area contributed by atoms with E-state index in [1.807, 2.05) is 23.7 Å². The van der Waals surface area contributed by atoms with Gasteiger partial charge >= 0.3 is 0 Å². The molecule has 3 aromatic heterocycles. The fourth-order valence-corrected chi connectivity index (χ4v) is 4.42. The van der Waals surface area contributed by atoms with Crippen molar-refractivity contribution in [3.8, 4) is 5.75 Å². The van der Waals surface area contributed by atoms with E-state index in [0.29, 0.717) is 17.2 Å². The molecule has 1 aliphatic heterocycles. The maximum Gasteiger partial charge on any atom is 0.223 e. The molecule has 1 aromatic carbocycles. The average molecular weight is 381 g/mol. The Balaban J connectivity index is 1.43. The normalized spacial score (nSPS) is 14.7. The Morgan fingerprint density at radius 2 is 2.22 bits per heavy atom. The monoisotopic (exact) mass is 381 g/mol. The van der Waals surface area contributed by atoms with Crippen LogP contribution in [-0.2, 0) is 19.4 Å². The SMILES string of the molecule is COc1cccc2c1nc(N)n1nc(CCN3CCc4ncsc4C3)nc21. The van der Waals surface area contributed by atoms with E-state index < -0.39 is 0 Å². The molecule has 0 atom stereocenters. The molecule has 27 heavy (non-hydrogen) atoms. The van der Waals surface area contributed by atoms with Crippen LogP contribution in [0.25, 0.3) is 16.6 Å². The standard InChI is InChI=1S/C18H19N7OS/c1-26-13-4-2-3-11-16(13)22-18(19)25-17(11)21-15(23-25)6-8-24-7-5-12-14(9-24)27-10-20-12/h2-4,10H,5-9H2,1H3,(H2,19,22). The summed E-state index contributed by atoms with van der Waals surface area (Å²) in [4.78, 5) is 17.4. The Morgan fingerprint density at radius 1 is 1.30 bits per heavy atom. The van der Waals surface area contributed by atoms with Crippen LogP contribution in [0.1, 0.15) is 16.4 Å². The maximum absolute atomic E-state index is 6.12. The Bertz CT molecular complexity index is 1140. The molecule has 0 amide bonds. The molecular weight excluding hydrogens is 362 g/mol. The van der Waals surface area contributed by atoms with Crippen LogP contribution in [0.2, 0.25) is 0 Å². The molecule has 5 rings (SSSR count). The van der Waals surface area contributed by atoms with Crippen molar-refractivity contribution in [1.29, 1.82) is 0 Å². The van der Waals surface area contributed by atoms with Gasteiger partial charge in [-0.3, -0.25) is 4.90 Å². The molecule has 4 heterocycles. The molecule has 138 valence electrons. The van der Waals surface area contributed by atoms with Crippen molar-refractivity contribution < 1.29 is 4.74 Å². The number of nitrogen functional groups attached to an aromatic ring is 1. The van der Waals surface area contributed by atoms with Gasteiger partial charge in [0.1, 0.15) is 11.3 Å². The average Bonchev–Trinajstić information content (AvgIpc) is 3.33. The molecule has 0 fully saturated rings. The molecule has 0 saturated heterocycles. The van der Waals surface area contributed by atoms with Gasteiger partial charge in [0.15, 0.2) is 11.5 Å². The van der Waals surface area contributed by atoms with Crippen LogP contribution >= 0.6 is 11.3 Å². The van der Waals surface area contributed by atoms with Gasteiger partial charge in [0, 0.05) is 42.7 Å². The molecule has 0 bridgehead atoms. The third kappa shape index (κ3) is 2.79. The third-order valence-electron chi connectivity index (χ3n) is 4.96. The number of para-hydroxylation sites is 1. The van der Waals surface area contributed by atoms with Gasteiger partial charge in [-0.05, 0) is 12.1 Å². The molecule has 9 heteroatoms. The number of thiazole rings is 1. The van der Waals surface area contributed by atoms with Crippen molar-refractivity contribution in [2.45, 2.75) is 19.4 Å². The Labute approximate surface area is 159 Å². The van der Waals surface area contributed by atoms with E-state index in [1.54, 1.807) is 23.0 Å². The number of hydrogen-bond acceptors (Lipinski definition) is 8. The second-order valence-electron chi connectivity index (χ2n) is 6.59. The van der Waals surface area contributed by atoms with Gasteiger partial charge in [0.2, 0.25) is 5.95 Å². The van der Waals surface area contributed by atoms with Gasteiger partial charge in [-0.2, -0.15) is 4.52 Å². The van der Waals surface area contributed by atoms with E-state index in [2.05, 4.69) is 20.0 Å². The molecule has 0 spiro atoms. The minimum Gasteiger partial charge on any atom is -0.494 e. The highest BCUT2D eigenvalue weighted by Gasteiger charge is 2.19. The van der Waals surface area contributed by atoms with E-state index in [4.69, 9.17) is 15.5 Å². The first-order chi connectivity index (χ1) is 13.2. The van der Waals surface area contributed by atoms with Crippen molar-refractivity contribution in [3.63, 3.8) is 0 Å². The lowest BCUT2D eigenvalue weighted by atomic mass is 10.1. The zero-order chi connectivity index (χ0) is 18.4. The first kappa shape index (κ1) is 16.4. The quantitative estimate of drug-likeness (QED) is 0.577. The largest absolute Gasteiger partial charge is 0.494 e. The van der Waals surface area contributed by atoms with Gasteiger partial charge < -0.3 is 10.5 Å². The highest BCUT2D eigenvalue weighted by Crippen LogP contribution is 2.27. The summed E-state index contributed by atoms with van der Waals surface area (Å²) >= 11 is 1.74. The number of fused-ring (bicyclic) bond motifs is 4. The first-order valence-corrected chi connectivity index (χ1v) is 9.72. The molecule has 8 nitrogen and oxygen atoms in total. The fourth-order valence-electron chi connectivity index (χ4n) is 3.56. The number of aromatic nitrogens is 5. The molecule has 0 saturated carbocycles. The highest BCUT2D eigenvalue weighted by atomic mass is 32.1. The smallest absolute Gasteiger partial charge is 0.223 e. The molecule has 2 N–H and O–H groups in total. The van der Waals surface area contributed by atoms with E-state index in [1.165, 1.54) is 10.6 Å². The summed E-state index contributed by atoms with van der Waals surface area (Å²) in [5, 5.41) is 5.46. The summed E-state index contributed by atoms with van der Waals surface area (Å²) in [7, 11) is 1.62. The minimum absolute atomic E-state index is 0.313. The third-order valence-corrected chi connectivity index (χ3v) is 5.82. The summed E-state index contributed by atoms with van der Waals surface area (Å²) < 4.78 is 7.02. The van der Waals surface area contributed by atoms with Crippen molar-refractivity contribution in [1.82, 2.24) is 29.5 Å². The lowest BCUT2D eigenvalue weighted by molar-refractivity contribution is 0.257. The number of nitrogens with two attached hydrogens (primary N) is 1. The summed E-state index contributed by atoms with van der Waals surface area (Å²) in [6.07, 6.45) is 1.78. The van der Waals surface area contributed by atoms with Crippen molar-refractivity contribution in [2.24, 2.45) is 0 Å². The van der Waals surface area contributed by atoms with Crippen LogP contribution in [0, 0.1) is 0 Å². The molecule has 4 aromatic rings. The number of ether oxygens (including phenoxy) is 1. The predicted octanol–water partition coefficient (Wildman–Crippen LogP) is 1.93. The lowest BCUT2D eigenvalue weighted by Gasteiger charge is -2.25. The number of methoxy groups -OCH3 is 1. The number of anilines is 1. The summed E-state index contributed by atoms with van der Waals surface area (Å²) in [6.45, 7) is 2.88. The van der Waals surface area contributed by atoms with E-state index in [0.717, 1.165) is 49.3 Å². The van der Waals surface area contributed by atoms with Gasteiger partial charge in [0.05, 0.1) is 18.3 Å². The van der Waals surface area contributed by atoms with Crippen LogP contribution in [0.3, 0.4) is 0 Å². The van der Waals surface area contributed by atoms with Crippen molar-refractivity contribution in [3.05, 3.63) is 40.1 Å². The molecule has 0 radical (unpaired) electrons. The Hall–Kier alpha value is -2.78. The zero-order valence-corrected chi connectivity index (χ0v) is 15.7. The topological polar surface area (TPSA) is 94.5 Å². The lowest BCUT2D eigenvalue weighted by Crippen LogP contribution is -2.31. The molecule has 0 aliphatic carbocycles. The summed E-state index contributed by atoms with van der Waals surface area (Å²) in [5.41, 5.74) is 10.7. The number of hydrogen-bond donors (Lipinski definition) is 1. The Morgan fingerprint density at radius 3 is 3.11 bits per heavy atom. The van der Waals surface area contributed by atoms with Crippen molar-refractivity contribution in [2.75, 3.05) is 25.9 Å². The van der Waals surface area contributed by atoms with Crippen molar-refractivity contribution >= 4 is 33.8 Å². The summed E-state index contributed by atoms with van der Waals surface area (Å²) in [6, 6.07) is 5.76. The zero-order valence-electron chi connectivity index (χ0n) is 14.9. The minimum atomic E-state index is 0.313. The van der Waals surface area contributed by atoms with E-state index >= 15 is 0 Å². The van der Waals surface area contributed by atoms with Gasteiger partial charge in [-0.1, -0.05) is 6.07 Å². The van der Waals surface area contributed by atoms with Crippen LogP contribution in [0.4, 0.5) is 5.95 Å². The summed E-state index contributed by atoms with van der Waals surface area (Å²) in [5.74, 6) is 1.77. The fraction of sp³-hybridized carbons (Fsp3) is 0.333. The van der Waals surface area contributed by atoms with Crippen LogP contribution < -0.4 is 10.5 Å². The van der Waals surface area contributed by atoms with E-state index in [9.17, 15) is 0 Å². The van der Waals surface area contributed by atoms with Gasteiger partial charge in [-0.25, -0.2) is 15.0 Å². The maximum atomic E-state index is 6.12. The van der Waals surface area contributed by atoms with Crippen LogP contribution in [0.15, 0.2) is 23.7 Å². The van der Waals surface area contributed by atoms with Crippen LogP contribution in [0.5, 0.6) is 5.75 Å². The highest BCUT2D eigenvalue weighted by molar-refractivity contribution is 7.09. The molecule has 1 aliphatic rings.